The fraction of sp³-hybridized carbons (Fsp3) is 0.350. The van der Waals surface area contributed by atoms with Gasteiger partial charge in [0.15, 0.2) is 0 Å². The van der Waals surface area contributed by atoms with Crippen molar-refractivity contribution in [2.75, 3.05) is 0 Å². The molecule has 2 N–H and O–H groups in total. The molecule has 0 spiro atoms. The highest BCUT2D eigenvalue weighted by Gasteiger charge is 2.19. The first-order valence-electron chi connectivity index (χ1n) is 8.48. The number of hydrogen-bond donors (Lipinski definition) is 2. The van der Waals surface area contributed by atoms with Gasteiger partial charge in [-0.05, 0) is 30.5 Å². The first-order valence-corrected chi connectivity index (χ1v) is 8.86. The third-order valence-corrected chi connectivity index (χ3v) is 4.30. The molecule has 4 nitrogen and oxygen atoms in total. The Balaban J connectivity index is 2.06. The number of rotatable bonds is 9. The lowest BCUT2D eigenvalue weighted by Crippen LogP contribution is -2.37. The Morgan fingerprint density at radius 2 is 1.96 bits per heavy atom. The van der Waals surface area contributed by atoms with Crippen molar-refractivity contribution in [3.8, 4) is 5.75 Å². The highest BCUT2D eigenvalue weighted by Crippen LogP contribution is 2.24. The van der Waals surface area contributed by atoms with E-state index in [1.165, 1.54) is 6.07 Å². The van der Waals surface area contributed by atoms with Gasteiger partial charge in [0.1, 0.15) is 24.2 Å². The van der Waals surface area contributed by atoms with Crippen LogP contribution < -0.4 is 10.1 Å². The van der Waals surface area contributed by atoms with Crippen LogP contribution in [0.5, 0.6) is 5.75 Å². The van der Waals surface area contributed by atoms with E-state index in [0.29, 0.717) is 29.3 Å². The summed E-state index contributed by atoms with van der Waals surface area (Å²) in [6.45, 7) is 4.29. The summed E-state index contributed by atoms with van der Waals surface area (Å²) >= 11 is 6.02. The minimum absolute atomic E-state index is 0.00310. The van der Waals surface area contributed by atoms with Gasteiger partial charge in [0.2, 0.25) is 0 Å². The molecule has 1 unspecified atom stereocenters. The first-order chi connectivity index (χ1) is 12.4. The summed E-state index contributed by atoms with van der Waals surface area (Å²) in [5.74, 6) is -0.475. The van der Waals surface area contributed by atoms with Gasteiger partial charge in [0, 0.05) is 17.7 Å². The van der Waals surface area contributed by atoms with Crippen molar-refractivity contribution in [1.82, 2.24) is 5.32 Å². The second kappa shape index (κ2) is 9.55. The second-order valence-corrected chi connectivity index (χ2v) is 6.91. The predicted octanol–water partition coefficient (Wildman–Crippen LogP) is 4.65. The zero-order valence-electron chi connectivity index (χ0n) is 14.8. The maximum absolute atomic E-state index is 13.9. The van der Waals surface area contributed by atoms with E-state index in [1.807, 2.05) is 32.0 Å². The van der Waals surface area contributed by atoms with E-state index in [2.05, 4.69) is 5.32 Å². The van der Waals surface area contributed by atoms with E-state index in [1.54, 1.807) is 18.2 Å². The maximum atomic E-state index is 13.9. The molecule has 1 atom stereocenters. The highest BCUT2D eigenvalue weighted by molar-refractivity contribution is 6.31. The standard InChI is InChI=1S/C20H23ClFNO3/c1-13(2)10-18(20(24)25)23-11-14-6-3-4-9-19(14)26-12-15-16(21)7-5-8-17(15)22/h3-9,13,18,23H,10-12H2,1-2H3,(H,24,25). The Morgan fingerprint density at radius 1 is 1.23 bits per heavy atom. The van der Waals surface area contributed by atoms with Crippen molar-refractivity contribution in [1.29, 1.82) is 0 Å². The number of benzene rings is 2. The van der Waals surface area contributed by atoms with Gasteiger partial charge < -0.3 is 15.2 Å². The number of hydrogen-bond acceptors (Lipinski definition) is 3. The van der Waals surface area contributed by atoms with Crippen LogP contribution >= 0.6 is 11.6 Å². The molecule has 2 rings (SSSR count). The average Bonchev–Trinajstić information content (AvgIpc) is 2.58. The van der Waals surface area contributed by atoms with Gasteiger partial charge in [-0.3, -0.25) is 4.79 Å². The van der Waals surface area contributed by atoms with Crippen LogP contribution in [0.4, 0.5) is 4.39 Å². The van der Waals surface area contributed by atoms with Crippen molar-refractivity contribution in [3.63, 3.8) is 0 Å². The van der Waals surface area contributed by atoms with Crippen molar-refractivity contribution in [3.05, 3.63) is 64.4 Å². The van der Waals surface area contributed by atoms with Crippen molar-refractivity contribution in [2.45, 2.75) is 39.5 Å². The van der Waals surface area contributed by atoms with Crippen LogP contribution in [0.2, 0.25) is 5.02 Å². The topological polar surface area (TPSA) is 58.6 Å². The Hall–Kier alpha value is -2.11. The van der Waals surface area contributed by atoms with Gasteiger partial charge in [0.05, 0.1) is 5.02 Å². The van der Waals surface area contributed by atoms with E-state index in [0.717, 1.165) is 5.56 Å². The fourth-order valence-electron chi connectivity index (χ4n) is 2.59. The van der Waals surface area contributed by atoms with Gasteiger partial charge in [0.25, 0.3) is 0 Å². The van der Waals surface area contributed by atoms with Gasteiger partial charge in [-0.15, -0.1) is 0 Å². The molecule has 6 heteroatoms. The Bertz CT molecular complexity index is 731. The molecule has 2 aromatic rings. The molecule has 0 saturated heterocycles. The third-order valence-electron chi connectivity index (χ3n) is 3.95. The Morgan fingerprint density at radius 3 is 2.62 bits per heavy atom. The number of para-hydroxylation sites is 1. The number of aliphatic carboxylic acids is 1. The zero-order valence-corrected chi connectivity index (χ0v) is 15.6. The van der Waals surface area contributed by atoms with E-state index in [-0.39, 0.29) is 12.5 Å². The molecule has 0 saturated carbocycles. The van der Waals surface area contributed by atoms with E-state index in [4.69, 9.17) is 16.3 Å². The second-order valence-electron chi connectivity index (χ2n) is 6.50. The van der Waals surface area contributed by atoms with Gasteiger partial charge in [-0.2, -0.15) is 0 Å². The van der Waals surface area contributed by atoms with Crippen LogP contribution in [0.25, 0.3) is 0 Å². The van der Waals surface area contributed by atoms with Crippen LogP contribution in [0.15, 0.2) is 42.5 Å². The number of nitrogens with one attached hydrogen (secondary N) is 1. The molecule has 0 bridgehead atoms. The molecule has 2 aromatic carbocycles. The molecule has 0 aliphatic rings. The van der Waals surface area contributed by atoms with Crippen LogP contribution in [-0.2, 0) is 17.9 Å². The minimum Gasteiger partial charge on any atom is -0.488 e. The molecule has 0 amide bonds. The zero-order chi connectivity index (χ0) is 19.1. The summed E-state index contributed by atoms with van der Waals surface area (Å²) in [6, 6.07) is 11.1. The Labute approximate surface area is 157 Å². The minimum atomic E-state index is -0.879. The van der Waals surface area contributed by atoms with Crippen LogP contribution in [0.3, 0.4) is 0 Å². The molecule has 0 radical (unpaired) electrons. The van der Waals surface area contributed by atoms with Gasteiger partial charge in [-0.1, -0.05) is 49.7 Å². The normalized spacial score (nSPS) is 12.2. The quantitative estimate of drug-likeness (QED) is 0.666. The molecule has 0 aliphatic heterocycles. The number of halogens is 2. The van der Waals surface area contributed by atoms with Gasteiger partial charge >= 0.3 is 5.97 Å². The lowest BCUT2D eigenvalue weighted by Gasteiger charge is -2.18. The van der Waals surface area contributed by atoms with E-state index < -0.39 is 17.8 Å². The summed E-state index contributed by atoms with van der Waals surface area (Å²) in [4.78, 5) is 11.4. The molecule has 0 aliphatic carbocycles. The van der Waals surface area contributed by atoms with Crippen molar-refractivity contribution >= 4 is 17.6 Å². The number of carboxylic acids is 1. The van der Waals surface area contributed by atoms with E-state index >= 15 is 0 Å². The largest absolute Gasteiger partial charge is 0.488 e. The molecular formula is C20H23ClFNO3. The fourth-order valence-corrected chi connectivity index (χ4v) is 2.80. The van der Waals surface area contributed by atoms with Crippen molar-refractivity contribution in [2.24, 2.45) is 5.92 Å². The van der Waals surface area contributed by atoms with Crippen molar-refractivity contribution < 1.29 is 19.0 Å². The molecule has 140 valence electrons. The maximum Gasteiger partial charge on any atom is 0.320 e. The van der Waals surface area contributed by atoms with Crippen LogP contribution in [0.1, 0.15) is 31.4 Å². The summed E-state index contributed by atoms with van der Waals surface area (Å²) < 4.78 is 19.6. The molecule has 26 heavy (non-hydrogen) atoms. The monoisotopic (exact) mass is 379 g/mol. The summed E-state index contributed by atoms with van der Waals surface area (Å²) in [6.07, 6.45) is 0.531. The molecule has 0 heterocycles. The van der Waals surface area contributed by atoms with Crippen LogP contribution in [-0.4, -0.2) is 17.1 Å². The smallest absolute Gasteiger partial charge is 0.320 e. The number of ether oxygens (including phenoxy) is 1. The van der Waals surface area contributed by atoms with Gasteiger partial charge in [-0.25, -0.2) is 4.39 Å². The molecular weight excluding hydrogens is 357 g/mol. The van der Waals surface area contributed by atoms with Crippen LogP contribution in [0, 0.1) is 11.7 Å². The summed E-state index contributed by atoms with van der Waals surface area (Å²) in [5, 5.41) is 12.7. The lowest BCUT2D eigenvalue weighted by molar-refractivity contribution is -0.140. The SMILES string of the molecule is CC(C)CC(NCc1ccccc1OCc1c(F)cccc1Cl)C(=O)O. The number of carbonyl (C=O) groups is 1. The predicted molar refractivity (Wildman–Crippen MR) is 99.9 cm³/mol. The number of carboxylic acid groups (broad SMARTS) is 1. The first kappa shape index (κ1) is 20.2. The lowest BCUT2D eigenvalue weighted by atomic mass is 10.0. The van der Waals surface area contributed by atoms with E-state index in [9.17, 15) is 14.3 Å². The Kier molecular flexibility index (Phi) is 7.42. The molecule has 0 fully saturated rings. The third kappa shape index (κ3) is 5.71. The summed E-state index contributed by atoms with van der Waals surface area (Å²) in [7, 11) is 0. The highest BCUT2D eigenvalue weighted by atomic mass is 35.5. The average molecular weight is 380 g/mol. The molecule has 0 aromatic heterocycles. The summed E-state index contributed by atoms with van der Waals surface area (Å²) in [5.41, 5.74) is 1.09.